The van der Waals surface area contributed by atoms with Gasteiger partial charge in [0.1, 0.15) is 5.82 Å². The third-order valence-corrected chi connectivity index (χ3v) is 3.21. The highest BCUT2D eigenvalue weighted by Gasteiger charge is 2.20. The lowest BCUT2D eigenvalue weighted by molar-refractivity contribution is 0.232. The first kappa shape index (κ1) is 12.8. The van der Waals surface area contributed by atoms with E-state index >= 15 is 0 Å². The summed E-state index contributed by atoms with van der Waals surface area (Å²) in [6.45, 7) is 6.29. The number of hydrogen-bond acceptors (Lipinski definition) is 3. The number of aliphatic hydroxyl groups is 1. The van der Waals surface area contributed by atoms with Crippen molar-refractivity contribution in [2.75, 3.05) is 6.61 Å². The summed E-state index contributed by atoms with van der Waals surface area (Å²) in [5, 5.41) is 9.45. The summed E-state index contributed by atoms with van der Waals surface area (Å²) in [4.78, 5) is 11.9. The van der Waals surface area contributed by atoms with Gasteiger partial charge in [-0.15, -0.1) is 0 Å². The summed E-state index contributed by atoms with van der Waals surface area (Å²) in [6.07, 6.45) is 3.52. The molecule has 0 aliphatic carbocycles. The molecule has 0 saturated heterocycles. The molecule has 2 aromatic heterocycles. The predicted octanol–water partition coefficient (Wildman–Crippen LogP) is 2.51. The molecule has 4 nitrogen and oxygen atoms in total. The highest BCUT2D eigenvalue weighted by Crippen LogP contribution is 2.26. The van der Waals surface area contributed by atoms with E-state index in [-0.39, 0.29) is 12.5 Å². The van der Waals surface area contributed by atoms with Crippen molar-refractivity contribution in [2.24, 2.45) is 5.92 Å². The topological polar surface area (TPSA) is 61.8 Å². The van der Waals surface area contributed by atoms with Gasteiger partial charge in [-0.2, -0.15) is 0 Å². The summed E-state index contributed by atoms with van der Waals surface area (Å²) in [5.74, 6) is 1.27. The molecule has 96 valence electrons. The van der Waals surface area contributed by atoms with Gasteiger partial charge in [-0.1, -0.05) is 13.8 Å². The van der Waals surface area contributed by atoms with E-state index in [1.165, 1.54) is 0 Å². The third-order valence-electron chi connectivity index (χ3n) is 3.21. The molecule has 2 aromatic rings. The van der Waals surface area contributed by atoms with E-state index < -0.39 is 0 Å². The molecule has 0 saturated carbocycles. The van der Waals surface area contributed by atoms with Crippen LogP contribution in [0.25, 0.3) is 11.3 Å². The molecule has 0 bridgehead atoms. The van der Waals surface area contributed by atoms with Gasteiger partial charge in [0, 0.05) is 29.6 Å². The number of aryl methyl sites for hydroxylation is 1. The summed E-state index contributed by atoms with van der Waals surface area (Å²) in [6, 6.07) is 3.88. The van der Waals surface area contributed by atoms with Gasteiger partial charge in [0.25, 0.3) is 0 Å². The lowest BCUT2D eigenvalue weighted by Crippen LogP contribution is -2.12. The molecule has 18 heavy (non-hydrogen) atoms. The monoisotopic (exact) mass is 245 g/mol. The largest absolute Gasteiger partial charge is 0.396 e. The highest BCUT2D eigenvalue weighted by molar-refractivity contribution is 5.61. The zero-order valence-corrected chi connectivity index (χ0v) is 11.0. The van der Waals surface area contributed by atoms with E-state index in [0.29, 0.717) is 5.92 Å². The van der Waals surface area contributed by atoms with Crippen LogP contribution in [-0.4, -0.2) is 26.7 Å². The van der Waals surface area contributed by atoms with Crippen LogP contribution in [0.3, 0.4) is 0 Å². The Hall–Kier alpha value is -1.68. The lowest BCUT2D eigenvalue weighted by atomic mass is 9.96. The van der Waals surface area contributed by atoms with Crippen molar-refractivity contribution in [3.05, 3.63) is 36.0 Å². The van der Waals surface area contributed by atoms with E-state index in [1.807, 2.05) is 19.1 Å². The van der Waals surface area contributed by atoms with Gasteiger partial charge in [0.15, 0.2) is 0 Å². The van der Waals surface area contributed by atoms with Crippen LogP contribution < -0.4 is 0 Å². The molecule has 2 N–H and O–H groups in total. The maximum atomic E-state index is 9.45. The Morgan fingerprint density at radius 2 is 1.94 bits per heavy atom. The summed E-state index contributed by atoms with van der Waals surface area (Å²) in [7, 11) is 0. The number of nitrogens with one attached hydrogen (secondary N) is 1. The normalized spacial score (nSPS) is 12.9. The summed E-state index contributed by atoms with van der Waals surface area (Å²) < 4.78 is 0. The number of aromatic nitrogens is 3. The molecule has 1 atom stereocenters. The van der Waals surface area contributed by atoms with Gasteiger partial charge >= 0.3 is 0 Å². The SMILES string of the molecule is Cc1[nH]c(C(CO)C(C)C)nc1-c1ccncc1. The Balaban J connectivity index is 2.38. The molecule has 0 spiro atoms. The first-order valence-electron chi connectivity index (χ1n) is 6.21. The first-order chi connectivity index (χ1) is 8.63. The second-order valence-corrected chi connectivity index (χ2v) is 4.86. The lowest BCUT2D eigenvalue weighted by Gasteiger charge is -2.15. The number of pyridine rings is 1. The van der Waals surface area contributed by atoms with Gasteiger partial charge in [-0.3, -0.25) is 4.98 Å². The van der Waals surface area contributed by atoms with Crippen LogP contribution in [0.15, 0.2) is 24.5 Å². The first-order valence-corrected chi connectivity index (χ1v) is 6.21. The molecule has 0 aliphatic heterocycles. The van der Waals surface area contributed by atoms with Crippen LogP contribution in [0.4, 0.5) is 0 Å². The highest BCUT2D eigenvalue weighted by atomic mass is 16.3. The van der Waals surface area contributed by atoms with Crippen molar-refractivity contribution in [3.8, 4) is 11.3 Å². The average molecular weight is 245 g/mol. The molecule has 0 fully saturated rings. The fourth-order valence-electron chi connectivity index (χ4n) is 2.06. The fourth-order valence-corrected chi connectivity index (χ4v) is 2.06. The van der Waals surface area contributed by atoms with Crippen LogP contribution in [0.1, 0.15) is 31.3 Å². The van der Waals surface area contributed by atoms with Crippen molar-refractivity contribution in [1.29, 1.82) is 0 Å². The van der Waals surface area contributed by atoms with Crippen LogP contribution in [0.2, 0.25) is 0 Å². The van der Waals surface area contributed by atoms with E-state index in [2.05, 4.69) is 28.8 Å². The summed E-state index contributed by atoms with van der Waals surface area (Å²) >= 11 is 0. The zero-order chi connectivity index (χ0) is 13.1. The molecular formula is C14H19N3O. The predicted molar refractivity (Wildman–Crippen MR) is 71.2 cm³/mol. The number of hydrogen-bond donors (Lipinski definition) is 2. The van der Waals surface area contributed by atoms with Crippen molar-refractivity contribution >= 4 is 0 Å². The minimum Gasteiger partial charge on any atom is -0.396 e. The standard InChI is InChI=1S/C14H19N3O/c1-9(2)12(8-18)14-16-10(3)13(17-14)11-4-6-15-7-5-11/h4-7,9,12,18H,8H2,1-3H3,(H,16,17). The minimum absolute atomic E-state index is 0.0549. The number of nitrogens with zero attached hydrogens (tertiary/aromatic N) is 2. The maximum Gasteiger partial charge on any atom is 0.112 e. The number of rotatable bonds is 4. The van der Waals surface area contributed by atoms with Crippen molar-refractivity contribution in [3.63, 3.8) is 0 Å². The minimum atomic E-state index is 0.0549. The molecule has 4 heteroatoms. The Bertz CT molecular complexity index is 505. The van der Waals surface area contributed by atoms with Crippen LogP contribution in [0, 0.1) is 12.8 Å². The van der Waals surface area contributed by atoms with Crippen LogP contribution in [-0.2, 0) is 0 Å². The molecule has 1 unspecified atom stereocenters. The molecule has 2 heterocycles. The van der Waals surface area contributed by atoms with E-state index in [9.17, 15) is 5.11 Å². The van der Waals surface area contributed by atoms with Gasteiger partial charge in [-0.25, -0.2) is 4.98 Å². The van der Waals surface area contributed by atoms with Gasteiger partial charge in [-0.05, 0) is 25.0 Å². The Kier molecular flexibility index (Phi) is 3.77. The smallest absolute Gasteiger partial charge is 0.112 e. The molecule has 0 aliphatic rings. The molecular weight excluding hydrogens is 226 g/mol. The number of imidazole rings is 1. The Morgan fingerprint density at radius 1 is 1.28 bits per heavy atom. The molecule has 0 radical (unpaired) electrons. The Labute approximate surface area is 107 Å². The molecule has 0 amide bonds. The zero-order valence-electron chi connectivity index (χ0n) is 11.0. The second kappa shape index (κ2) is 5.31. The average Bonchev–Trinajstić information content (AvgIpc) is 2.73. The van der Waals surface area contributed by atoms with E-state index in [4.69, 9.17) is 0 Å². The molecule has 0 aromatic carbocycles. The van der Waals surface area contributed by atoms with E-state index in [0.717, 1.165) is 22.8 Å². The van der Waals surface area contributed by atoms with Crippen molar-refractivity contribution in [2.45, 2.75) is 26.7 Å². The second-order valence-electron chi connectivity index (χ2n) is 4.86. The number of aromatic amines is 1. The van der Waals surface area contributed by atoms with Crippen LogP contribution >= 0.6 is 0 Å². The quantitative estimate of drug-likeness (QED) is 0.870. The third kappa shape index (κ3) is 2.43. The maximum absolute atomic E-state index is 9.45. The van der Waals surface area contributed by atoms with Gasteiger partial charge < -0.3 is 10.1 Å². The van der Waals surface area contributed by atoms with Crippen molar-refractivity contribution < 1.29 is 5.11 Å². The van der Waals surface area contributed by atoms with Crippen molar-refractivity contribution in [1.82, 2.24) is 15.0 Å². The Morgan fingerprint density at radius 3 is 2.50 bits per heavy atom. The summed E-state index contributed by atoms with van der Waals surface area (Å²) in [5.41, 5.74) is 3.01. The number of H-pyrrole nitrogens is 1. The van der Waals surface area contributed by atoms with E-state index in [1.54, 1.807) is 12.4 Å². The number of aliphatic hydroxyl groups excluding tert-OH is 1. The van der Waals surface area contributed by atoms with Crippen LogP contribution in [0.5, 0.6) is 0 Å². The molecule has 2 rings (SSSR count). The van der Waals surface area contributed by atoms with Gasteiger partial charge in [0.05, 0.1) is 12.3 Å². The van der Waals surface area contributed by atoms with Gasteiger partial charge in [0.2, 0.25) is 0 Å². The fraction of sp³-hybridized carbons (Fsp3) is 0.429.